The molecule has 5 heteroatoms. The second-order valence-electron chi connectivity index (χ2n) is 9.87. The summed E-state index contributed by atoms with van der Waals surface area (Å²) in [5, 5.41) is 3.27. The average Bonchev–Trinajstić information content (AvgIpc) is 3.61. The molecule has 2 aromatic rings. The van der Waals surface area contributed by atoms with Crippen molar-refractivity contribution in [1.29, 1.82) is 0 Å². The van der Waals surface area contributed by atoms with Crippen LogP contribution in [0.25, 0.3) is 0 Å². The zero-order valence-corrected chi connectivity index (χ0v) is 18.7. The van der Waals surface area contributed by atoms with Crippen LogP contribution in [0.4, 0.5) is 0 Å². The molecule has 0 unspecified atom stereocenters. The first-order valence-electron chi connectivity index (χ1n) is 12.2. The smallest absolute Gasteiger partial charge is 0.246 e. The van der Waals surface area contributed by atoms with Gasteiger partial charge in [-0.15, -0.1) is 0 Å². The van der Waals surface area contributed by atoms with Gasteiger partial charge in [0, 0.05) is 18.5 Å². The molecule has 2 aromatic carbocycles. The lowest BCUT2D eigenvalue weighted by Gasteiger charge is -2.33. The van der Waals surface area contributed by atoms with Gasteiger partial charge in [0.25, 0.3) is 0 Å². The second kappa shape index (κ2) is 8.14. The van der Waals surface area contributed by atoms with Crippen molar-refractivity contribution >= 4 is 11.8 Å². The van der Waals surface area contributed by atoms with Crippen molar-refractivity contribution in [1.82, 2.24) is 10.2 Å². The Hall–Kier alpha value is -2.92. The number of likely N-dealkylation sites (tertiary alicyclic amines) is 1. The van der Waals surface area contributed by atoms with Crippen LogP contribution in [0.1, 0.15) is 42.7 Å². The number of amides is 2. The Kier molecular flexibility index (Phi) is 5.10. The zero-order chi connectivity index (χ0) is 22.4. The Morgan fingerprint density at radius 3 is 2.45 bits per heavy atom. The van der Waals surface area contributed by atoms with Crippen LogP contribution < -0.4 is 5.32 Å². The van der Waals surface area contributed by atoms with Gasteiger partial charge in [-0.2, -0.15) is 0 Å². The minimum absolute atomic E-state index is 0.0400. The molecule has 2 amide bonds. The molecule has 33 heavy (non-hydrogen) atoms. The summed E-state index contributed by atoms with van der Waals surface area (Å²) >= 11 is 0. The monoisotopic (exact) mass is 442 g/mol. The first kappa shape index (κ1) is 20.7. The average molecular weight is 443 g/mol. The van der Waals surface area contributed by atoms with E-state index in [0.29, 0.717) is 13.0 Å². The van der Waals surface area contributed by atoms with Crippen LogP contribution in [-0.4, -0.2) is 47.0 Å². The van der Waals surface area contributed by atoms with Gasteiger partial charge in [0.15, 0.2) is 0 Å². The summed E-state index contributed by atoms with van der Waals surface area (Å²) in [5.74, 6) is -0.458. The van der Waals surface area contributed by atoms with Crippen molar-refractivity contribution in [2.45, 2.75) is 61.8 Å². The van der Waals surface area contributed by atoms with Gasteiger partial charge in [0.1, 0.15) is 11.6 Å². The molecule has 3 fully saturated rings. The highest BCUT2D eigenvalue weighted by Crippen LogP contribution is 2.58. The van der Waals surface area contributed by atoms with Crippen LogP contribution in [0.5, 0.6) is 0 Å². The van der Waals surface area contributed by atoms with Gasteiger partial charge < -0.3 is 15.0 Å². The number of rotatable bonds is 6. The molecule has 5 nitrogen and oxygen atoms in total. The SMILES string of the molecule is O=C(NC1CCCC1)[C@H]1N(CCc2ccccc2)C(=O)[C@H]2[C@@H](c3ccccc3)[C@H]3C=C[C@]21O3. The van der Waals surface area contributed by atoms with Gasteiger partial charge in [0.05, 0.1) is 12.0 Å². The fraction of sp³-hybridized carbons (Fsp3) is 0.429. The van der Waals surface area contributed by atoms with Crippen LogP contribution in [0.2, 0.25) is 0 Å². The summed E-state index contributed by atoms with van der Waals surface area (Å²) in [6.07, 6.45) is 8.95. The highest BCUT2D eigenvalue weighted by atomic mass is 16.5. The molecule has 3 heterocycles. The van der Waals surface area contributed by atoms with Crippen LogP contribution in [-0.2, 0) is 20.7 Å². The van der Waals surface area contributed by atoms with Gasteiger partial charge in [-0.25, -0.2) is 0 Å². The highest BCUT2D eigenvalue weighted by molar-refractivity contribution is 5.97. The lowest BCUT2D eigenvalue weighted by molar-refractivity contribution is -0.139. The standard InChI is InChI=1S/C28H30N2O3/c31-26(29-21-13-7-8-14-21)25-28-17-15-22(33-28)23(20-11-5-2-6-12-20)24(28)27(32)30(25)18-16-19-9-3-1-4-10-19/h1-6,9-12,15,17,21-25H,7-8,13-14,16,18H2,(H,29,31)/t22-,23+,24-,25-,28+/m1/s1. The predicted octanol–water partition coefficient (Wildman–Crippen LogP) is 3.61. The summed E-state index contributed by atoms with van der Waals surface area (Å²) in [4.78, 5) is 29.5. The molecule has 2 bridgehead atoms. The third-order valence-electron chi connectivity index (χ3n) is 7.99. The fourth-order valence-corrected chi connectivity index (χ4v) is 6.51. The number of hydrogen-bond acceptors (Lipinski definition) is 3. The molecule has 1 N–H and O–H groups in total. The van der Waals surface area contributed by atoms with Crippen molar-refractivity contribution < 1.29 is 14.3 Å². The van der Waals surface area contributed by atoms with E-state index < -0.39 is 11.6 Å². The summed E-state index contributed by atoms with van der Waals surface area (Å²) in [5.41, 5.74) is 1.38. The van der Waals surface area contributed by atoms with E-state index in [4.69, 9.17) is 4.74 Å². The van der Waals surface area contributed by atoms with Crippen LogP contribution in [0.3, 0.4) is 0 Å². The largest absolute Gasteiger partial charge is 0.359 e. The maximum Gasteiger partial charge on any atom is 0.246 e. The van der Waals surface area contributed by atoms with Crippen molar-refractivity contribution in [3.05, 3.63) is 83.9 Å². The van der Waals surface area contributed by atoms with Crippen molar-refractivity contribution in [2.75, 3.05) is 6.54 Å². The van der Waals surface area contributed by atoms with E-state index in [0.717, 1.165) is 36.8 Å². The molecule has 5 atom stereocenters. The lowest BCUT2D eigenvalue weighted by atomic mass is 9.72. The van der Waals surface area contributed by atoms with E-state index in [-0.39, 0.29) is 35.8 Å². The Labute approximate surface area is 194 Å². The maximum absolute atomic E-state index is 14.0. The maximum atomic E-state index is 14.0. The van der Waals surface area contributed by atoms with Crippen LogP contribution in [0, 0.1) is 5.92 Å². The third kappa shape index (κ3) is 3.33. The molecule has 1 saturated carbocycles. The fourth-order valence-electron chi connectivity index (χ4n) is 6.51. The van der Waals surface area contributed by atoms with Gasteiger partial charge in [-0.05, 0) is 30.4 Å². The number of ether oxygens (including phenoxy) is 1. The lowest BCUT2D eigenvalue weighted by Crippen LogP contribution is -2.56. The van der Waals surface area contributed by atoms with Gasteiger partial charge in [0.2, 0.25) is 11.8 Å². The normalized spacial score (nSPS) is 32.5. The molecule has 2 saturated heterocycles. The second-order valence-corrected chi connectivity index (χ2v) is 9.87. The molecule has 0 aromatic heterocycles. The molecule has 0 radical (unpaired) electrons. The molecule has 1 spiro atoms. The summed E-state index contributed by atoms with van der Waals surface area (Å²) < 4.78 is 6.57. The number of fused-ring (bicyclic) bond motifs is 1. The number of carbonyl (C=O) groups excluding carboxylic acids is 2. The van der Waals surface area contributed by atoms with Crippen molar-refractivity contribution in [2.24, 2.45) is 5.92 Å². The number of hydrogen-bond donors (Lipinski definition) is 1. The first-order valence-corrected chi connectivity index (χ1v) is 12.2. The Morgan fingerprint density at radius 2 is 1.73 bits per heavy atom. The van der Waals surface area contributed by atoms with E-state index in [2.05, 4.69) is 35.7 Å². The van der Waals surface area contributed by atoms with Crippen molar-refractivity contribution in [3.63, 3.8) is 0 Å². The highest BCUT2D eigenvalue weighted by Gasteiger charge is 2.71. The van der Waals surface area contributed by atoms with E-state index >= 15 is 0 Å². The van der Waals surface area contributed by atoms with E-state index in [1.54, 1.807) is 0 Å². The molecule has 1 aliphatic carbocycles. The number of nitrogens with one attached hydrogen (secondary N) is 1. The van der Waals surface area contributed by atoms with Crippen molar-refractivity contribution in [3.8, 4) is 0 Å². The number of carbonyl (C=O) groups is 2. The summed E-state index contributed by atoms with van der Waals surface area (Å²) in [6.45, 7) is 0.507. The minimum Gasteiger partial charge on any atom is -0.359 e. The molecular weight excluding hydrogens is 412 g/mol. The van der Waals surface area contributed by atoms with Gasteiger partial charge in [-0.1, -0.05) is 85.7 Å². The minimum atomic E-state index is -0.887. The number of benzene rings is 2. The number of nitrogens with zero attached hydrogens (tertiary/aromatic N) is 1. The Morgan fingerprint density at radius 1 is 1.03 bits per heavy atom. The topological polar surface area (TPSA) is 58.6 Å². The van der Waals surface area contributed by atoms with Gasteiger partial charge >= 0.3 is 0 Å². The molecule has 170 valence electrons. The van der Waals surface area contributed by atoms with E-state index in [9.17, 15) is 9.59 Å². The summed E-state index contributed by atoms with van der Waals surface area (Å²) in [6, 6.07) is 19.9. The van der Waals surface area contributed by atoms with Crippen LogP contribution >= 0.6 is 0 Å². The predicted molar refractivity (Wildman–Crippen MR) is 125 cm³/mol. The van der Waals surface area contributed by atoms with E-state index in [1.165, 1.54) is 0 Å². The third-order valence-corrected chi connectivity index (χ3v) is 7.99. The molecule has 4 aliphatic rings. The molecular formula is C28H30N2O3. The zero-order valence-electron chi connectivity index (χ0n) is 18.7. The van der Waals surface area contributed by atoms with E-state index in [1.807, 2.05) is 47.4 Å². The Bertz CT molecular complexity index is 1060. The molecule has 3 aliphatic heterocycles. The first-order chi connectivity index (χ1) is 16.2. The van der Waals surface area contributed by atoms with Gasteiger partial charge in [-0.3, -0.25) is 9.59 Å². The molecule has 6 rings (SSSR count). The summed E-state index contributed by atoms with van der Waals surface area (Å²) in [7, 11) is 0. The Balaban J connectivity index is 1.35. The quantitative estimate of drug-likeness (QED) is 0.696. The van der Waals surface area contributed by atoms with Crippen LogP contribution in [0.15, 0.2) is 72.8 Å².